The van der Waals surface area contributed by atoms with E-state index in [0.29, 0.717) is 26.1 Å². The van der Waals surface area contributed by atoms with E-state index in [-0.39, 0.29) is 17.7 Å². The van der Waals surface area contributed by atoms with Crippen molar-refractivity contribution in [1.82, 2.24) is 19.8 Å². The molecule has 1 N–H and O–H groups in total. The van der Waals surface area contributed by atoms with E-state index in [1.165, 1.54) is 12.4 Å². The molecule has 0 aliphatic heterocycles. The lowest BCUT2D eigenvalue weighted by Crippen LogP contribution is -2.38. The van der Waals surface area contributed by atoms with Crippen LogP contribution in [0.4, 0.5) is 0 Å². The van der Waals surface area contributed by atoms with Crippen LogP contribution < -0.4 is 10.7 Å². The van der Waals surface area contributed by atoms with Gasteiger partial charge < -0.3 is 14.8 Å². The minimum atomic E-state index is -0.578. The van der Waals surface area contributed by atoms with Crippen LogP contribution in [0.1, 0.15) is 51.4 Å². The Kier molecular flexibility index (Phi) is 8.73. The van der Waals surface area contributed by atoms with Gasteiger partial charge in [0.05, 0.1) is 0 Å². The minimum absolute atomic E-state index is 0.0305. The maximum atomic E-state index is 13.3. The predicted octanol–water partition coefficient (Wildman–Crippen LogP) is 3.76. The van der Waals surface area contributed by atoms with Crippen molar-refractivity contribution in [2.24, 2.45) is 0 Å². The maximum absolute atomic E-state index is 13.3. The second-order valence-corrected chi connectivity index (χ2v) is 8.67. The van der Waals surface area contributed by atoms with Gasteiger partial charge in [-0.3, -0.25) is 19.4 Å². The Bertz CT molecular complexity index is 1250. The number of carbonyl (C=O) groups is 2. The van der Waals surface area contributed by atoms with Gasteiger partial charge >= 0.3 is 0 Å². The highest BCUT2D eigenvalue weighted by Gasteiger charge is 2.23. The fourth-order valence-electron chi connectivity index (χ4n) is 3.67. The Morgan fingerprint density at radius 1 is 1.09 bits per heavy atom. The van der Waals surface area contributed by atoms with Crippen LogP contribution in [-0.2, 0) is 19.5 Å². The van der Waals surface area contributed by atoms with Crippen molar-refractivity contribution in [3.8, 4) is 0 Å². The molecule has 0 saturated carbocycles. The molecule has 0 saturated heterocycles. The molecule has 7 heteroatoms. The summed E-state index contributed by atoms with van der Waals surface area (Å²) in [5.74, 6) is -0.931. The molecule has 35 heavy (non-hydrogen) atoms. The zero-order valence-corrected chi connectivity index (χ0v) is 20.6. The number of rotatable bonds is 10. The van der Waals surface area contributed by atoms with Gasteiger partial charge in [-0.05, 0) is 38.5 Å². The highest BCUT2D eigenvalue weighted by atomic mass is 16.2. The topological polar surface area (TPSA) is 84.3 Å². The van der Waals surface area contributed by atoms with E-state index in [1.807, 2.05) is 63.2 Å². The molecule has 2 aromatic heterocycles. The van der Waals surface area contributed by atoms with Gasteiger partial charge in [0.1, 0.15) is 11.1 Å². The molecule has 7 nitrogen and oxygen atoms in total. The molecule has 3 aromatic rings. The Balaban J connectivity index is 1.92. The first kappa shape index (κ1) is 25.6. The normalized spacial score (nSPS) is 10.6. The second-order valence-electron chi connectivity index (χ2n) is 8.67. The lowest BCUT2D eigenvalue weighted by Gasteiger charge is -2.21. The molecule has 0 unspecified atom stereocenters. The molecular weight excluding hydrogens is 440 g/mol. The van der Waals surface area contributed by atoms with Gasteiger partial charge in [0.25, 0.3) is 11.8 Å². The van der Waals surface area contributed by atoms with Crippen molar-refractivity contribution in [3.63, 3.8) is 0 Å². The quantitative estimate of drug-likeness (QED) is 0.456. The third-order valence-electron chi connectivity index (χ3n) is 5.61. The molecular formula is C28H32N4O3. The van der Waals surface area contributed by atoms with Crippen LogP contribution >= 0.6 is 0 Å². The third-order valence-corrected chi connectivity index (χ3v) is 5.61. The van der Waals surface area contributed by atoms with Crippen molar-refractivity contribution in [1.29, 1.82) is 0 Å². The van der Waals surface area contributed by atoms with Crippen molar-refractivity contribution in [2.75, 3.05) is 13.1 Å². The average Bonchev–Trinajstić information content (AvgIpc) is 2.86. The number of hydrogen-bond acceptors (Lipinski definition) is 4. The van der Waals surface area contributed by atoms with Crippen LogP contribution in [0.3, 0.4) is 0 Å². The van der Waals surface area contributed by atoms with Crippen LogP contribution in [0, 0.1) is 6.92 Å². The van der Waals surface area contributed by atoms with Crippen molar-refractivity contribution < 1.29 is 9.59 Å². The summed E-state index contributed by atoms with van der Waals surface area (Å²) in [5, 5.41) is 2.81. The van der Waals surface area contributed by atoms with Crippen LogP contribution in [0.5, 0.6) is 0 Å². The Labute approximate surface area is 206 Å². The molecule has 0 radical (unpaired) electrons. The molecule has 3 rings (SSSR count). The maximum Gasteiger partial charge on any atom is 0.259 e. The van der Waals surface area contributed by atoms with E-state index >= 15 is 0 Å². The van der Waals surface area contributed by atoms with E-state index in [2.05, 4.69) is 16.9 Å². The molecule has 0 bridgehead atoms. The number of benzene rings is 1. The van der Waals surface area contributed by atoms with E-state index in [1.54, 1.807) is 15.7 Å². The fourth-order valence-corrected chi connectivity index (χ4v) is 3.67. The second kappa shape index (κ2) is 11.9. The van der Waals surface area contributed by atoms with E-state index in [4.69, 9.17) is 0 Å². The van der Waals surface area contributed by atoms with Gasteiger partial charge in [-0.2, -0.15) is 0 Å². The molecule has 0 aliphatic carbocycles. The van der Waals surface area contributed by atoms with E-state index in [0.717, 1.165) is 22.4 Å². The van der Waals surface area contributed by atoms with Gasteiger partial charge in [0.2, 0.25) is 5.43 Å². The summed E-state index contributed by atoms with van der Waals surface area (Å²) in [6.45, 7) is 11.0. The third kappa shape index (κ3) is 6.99. The molecule has 0 spiro atoms. The van der Waals surface area contributed by atoms with Crippen molar-refractivity contribution in [3.05, 3.63) is 111 Å². The van der Waals surface area contributed by atoms with Crippen LogP contribution in [-0.4, -0.2) is 39.4 Å². The molecule has 0 fully saturated rings. The van der Waals surface area contributed by atoms with Gasteiger partial charge in [-0.25, -0.2) is 0 Å². The first-order valence-corrected chi connectivity index (χ1v) is 11.7. The minimum Gasteiger partial charge on any atom is -0.352 e. The van der Waals surface area contributed by atoms with Gasteiger partial charge in [0, 0.05) is 56.9 Å². The lowest BCUT2D eigenvalue weighted by atomic mass is 10.1. The smallest absolute Gasteiger partial charge is 0.259 e. The molecule has 0 aliphatic rings. The molecule has 2 heterocycles. The number of hydrogen-bond donors (Lipinski definition) is 1. The van der Waals surface area contributed by atoms with Crippen molar-refractivity contribution in [2.45, 2.75) is 40.3 Å². The summed E-state index contributed by atoms with van der Waals surface area (Å²) in [6.07, 6.45) is 5.36. The molecule has 2 amide bonds. The summed E-state index contributed by atoms with van der Waals surface area (Å²) < 4.78 is 1.72. The standard InChI is InChI=1S/C28H32N4O3/c1-5-32(17-20(2)3)28(35)25-19-31(15-13-23-8-6-7-14-29-23)18-24(26(25)33)27(34)30-16-22-11-9-21(4)10-12-22/h6-12,14,18-19H,2,5,13,15-17H2,1,3-4H3,(H,30,34). The molecule has 1 aromatic carbocycles. The largest absolute Gasteiger partial charge is 0.352 e. The number of nitrogens with zero attached hydrogens (tertiary/aromatic N) is 3. The number of pyridine rings is 2. The highest BCUT2D eigenvalue weighted by Crippen LogP contribution is 2.08. The Morgan fingerprint density at radius 3 is 2.43 bits per heavy atom. The SMILES string of the molecule is C=C(C)CN(CC)C(=O)c1cn(CCc2ccccn2)cc(C(=O)NCc2ccc(C)cc2)c1=O. The Hall–Kier alpha value is -4.00. The average molecular weight is 473 g/mol. The van der Waals surface area contributed by atoms with Gasteiger partial charge in [-0.1, -0.05) is 48.0 Å². The number of carbonyl (C=O) groups excluding carboxylic acids is 2. The summed E-state index contributed by atoms with van der Waals surface area (Å²) in [7, 11) is 0. The summed E-state index contributed by atoms with van der Waals surface area (Å²) in [5.41, 5.74) is 3.06. The fraction of sp³-hybridized carbons (Fsp3) is 0.286. The first-order chi connectivity index (χ1) is 16.8. The van der Waals surface area contributed by atoms with Crippen LogP contribution in [0.15, 0.2) is 78.0 Å². The summed E-state index contributed by atoms with van der Waals surface area (Å²) in [6, 6.07) is 13.4. The predicted molar refractivity (Wildman–Crippen MR) is 137 cm³/mol. The van der Waals surface area contributed by atoms with Gasteiger partial charge in [-0.15, -0.1) is 0 Å². The monoisotopic (exact) mass is 472 g/mol. The van der Waals surface area contributed by atoms with Crippen molar-refractivity contribution >= 4 is 11.8 Å². The first-order valence-electron chi connectivity index (χ1n) is 11.7. The van der Waals surface area contributed by atoms with Gasteiger partial charge in [0.15, 0.2) is 0 Å². The van der Waals surface area contributed by atoms with E-state index in [9.17, 15) is 14.4 Å². The zero-order chi connectivity index (χ0) is 25.4. The number of aromatic nitrogens is 2. The summed E-state index contributed by atoms with van der Waals surface area (Å²) >= 11 is 0. The van der Waals surface area contributed by atoms with E-state index < -0.39 is 17.2 Å². The number of aryl methyl sites for hydroxylation is 3. The number of nitrogens with one attached hydrogen (secondary N) is 1. The van der Waals surface area contributed by atoms with Crippen LogP contribution in [0.25, 0.3) is 0 Å². The highest BCUT2D eigenvalue weighted by molar-refractivity contribution is 5.99. The lowest BCUT2D eigenvalue weighted by molar-refractivity contribution is 0.0776. The molecule has 0 atom stereocenters. The van der Waals surface area contributed by atoms with Crippen LogP contribution in [0.2, 0.25) is 0 Å². The Morgan fingerprint density at radius 2 is 1.80 bits per heavy atom. The number of amides is 2. The number of likely N-dealkylation sites (N-methyl/N-ethyl adjacent to an activating group) is 1. The molecule has 182 valence electrons. The zero-order valence-electron chi connectivity index (χ0n) is 20.6. The summed E-state index contributed by atoms with van der Waals surface area (Å²) in [4.78, 5) is 45.5.